The van der Waals surface area contributed by atoms with Crippen LogP contribution < -0.4 is 0 Å². The standard InChI is InChI=1S/C21H26N2S/c1-6-11-21(7-2)24-23-18(4)15-22(16-19(23)5)17(3)14-20-12-9-8-10-13-20/h1,7-13,18-19H,2-3,14-16H2,4-5H3/b21-11+. The third-order valence-corrected chi connectivity index (χ3v) is 5.60. The highest BCUT2D eigenvalue weighted by Crippen LogP contribution is 2.31. The van der Waals surface area contributed by atoms with Gasteiger partial charge in [0.25, 0.3) is 0 Å². The molecule has 1 saturated heterocycles. The molecule has 3 heteroatoms. The molecule has 1 aliphatic rings. The van der Waals surface area contributed by atoms with Crippen LogP contribution in [0, 0.1) is 12.3 Å². The third-order valence-electron chi connectivity index (χ3n) is 4.17. The van der Waals surface area contributed by atoms with E-state index in [1.165, 1.54) is 11.3 Å². The SMILES string of the molecule is C#C/C=C(\C=C)SN1C(C)CN(C(=C)Cc2ccccc2)CC1C. The largest absolute Gasteiger partial charge is 0.372 e. The molecular formula is C21H26N2S. The van der Waals surface area contributed by atoms with Crippen LogP contribution in [0.5, 0.6) is 0 Å². The van der Waals surface area contributed by atoms with Gasteiger partial charge in [-0.2, -0.15) is 0 Å². The Kier molecular flexibility index (Phi) is 6.78. The van der Waals surface area contributed by atoms with Crippen molar-refractivity contribution in [2.75, 3.05) is 13.1 Å². The van der Waals surface area contributed by atoms with Crippen molar-refractivity contribution in [1.82, 2.24) is 9.21 Å². The Morgan fingerprint density at radius 1 is 1.29 bits per heavy atom. The molecule has 0 aliphatic carbocycles. The number of benzene rings is 1. The molecule has 1 aliphatic heterocycles. The van der Waals surface area contributed by atoms with Crippen LogP contribution in [0.4, 0.5) is 0 Å². The van der Waals surface area contributed by atoms with Gasteiger partial charge in [-0.25, -0.2) is 4.31 Å². The average Bonchev–Trinajstić information content (AvgIpc) is 2.57. The Labute approximate surface area is 151 Å². The Bertz CT molecular complexity index is 630. The van der Waals surface area contributed by atoms with Gasteiger partial charge in [0.1, 0.15) is 0 Å². The highest BCUT2D eigenvalue weighted by Gasteiger charge is 2.30. The molecule has 0 bridgehead atoms. The number of allylic oxidation sites excluding steroid dienone is 3. The maximum absolute atomic E-state index is 5.39. The van der Waals surface area contributed by atoms with Crippen molar-refractivity contribution in [2.45, 2.75) is 32.4 Å². The molecule has 0 aromatic heterocycles. The summed E-state index contributed by atoms with van der Waals surface area (Å²) in [5, 5.41) is 0. The molecule has 2 nitrogen and oxygen atoms in total. The maximum Gasteiger partial charge on any atom is 0.0356 e. The number of terminal acetylenes is 1. The van der Waals surface area contributed by atoms with Gasteiger partial charge < -0.3 is 4.90 Å². The summed E-state index contributed by atoms with van der Waals surface area (Å²) < 4.78 is 2.41. The highest BCUT2D eigenvalue weighted by atomic mass is 32.2. The molecule has 2 atom stereocenters. The summed E-state index contributed by atoms with van der Waals surface area (Å²) in [6.45, 7) is 14.6. The van der Waals surface area contributed by atoms with Gasteiger partial charge in [-0.3, -0.25) is 0 Å². The van der Waals surface area contributed by atoms with E-state index in [0.717, 1.165) is 24.4 Å². The van der Waals surface area contributed by atoms with E-state index in [2.05, 4.69) is 66.4 Å². The zero-order valence-corrected chi connectivity index (χ0v) is 15.4. The van der Waals surface area contributed by atoms with Gasteiger partial charge in [0.2, 0.25) is 0 Å². The van der Waals surface area contributed by atoms with E-state index in [0.29, 0.717) is 12.1 Å². The molecule has 0 amide bonds. The number of hydrogen-bond donors (Lipinski definition) is 0. The summed E-state index contributed by atoms with van der Waals surface area (Å²) in [5.41, 5.74) is 2.50. The minimum atomic E-state index is 0.410. The van der Waals surface area contributed by atoms with Crippen LogP contribution in [0.15, 0.2) is 66.2 Å². The van der Waals surface area contributed by atoms with Crippen LogP contribution in [-0.2, 0) is 6.42 Å². The van der Waals surface area contributed by atoms with Crippen LogP contribution in [-0.4, -0.2) is 34.4 Å². The van der Waals surface area contributed by atoms with Crippen LogP contribution in [0.3, 0.4) is 0 Å². The molecule has 0 spiro atoms. The van der Waals surface area contributed by atoms with Gasteiger partial charge in [-0.1, -0.05) is 55.5 Å². The van der Waals surface area contributed by atoms with E-state index in [-0.39, 0.29) is 0 Å². The van der Waals surface area contributed by atoms with E-state index in [1.807, 2.05) is 12.1 Å². The second-order valence-electron chi connectivity index (χ2n) is 6.20. The van der Waals surface area contributed by atoms with E-state index in [9.17, 15) is 0 Å². The quantitative estimate of drug-likeness (QED) is 0.429. The normalized spacial score (nSPS) is 22.0. The fraction of sp³-hybridized carbons (Fsp3) is 0.333. The summed E-state index contributed by atoms with van der Waals surface area (Å²) in [6.07, 6.45) is 9.89. The predicted octanol–water partition coefficient (Wildman–Crippen LogP) is 4.49. The number of piperazine rings is 1. The minimum Gasteiger partial charge on any atom is -0.372 e. The lowest BCUT2D eigenvalue weighted by Gasteiger charge is -2.45. The Morgan fingerprint density at radius 3 is 2.46 bits per heavy atom. The van der Waals surface area contributed by atoms with Crippen LogP contribution in [0.1, 0.15) is 19.4 Å². The molecule has 126 valence electrons. The van der Waals surface area contributed by atoms with Crippen molar-refractivity contribution in [3.05, 3.63) is 71.8 Å². The molecule has 1 heterocycles. The summed E-state index contributed by atoms with van der Waals surface area (Å²) in [7, 11) is 0. The zero-order valence-electron chi connectivity index (χ0n) is 14.6. The Balaban J connectivity index is 1.99. The van der Waals surface area contributed by atoms with E-state index >= 15 is 0 Å². The Morgan fingerprint density at radius 2 is 1.92 bits per heavy atom. The first-order valence-electron chi connectivity index (χ1n) is 8.26. The molecular weight excluding hydrogens is 312 g/mol. The molecule has 1 aromatic carbocycles. The molecule has 0 N–H and O–H groups in total. The number of nitrogens with zero attached hydrogens (tertiary/aromatic N) is 2. The van der Waals surface area contributed by atoms with Gasteiger partial charge in [0.15, 0.2) is 0 Å². The average molecular weight is 339 g/mol. The van der Waals surface area contributed by atoms with Crippen molar-refractivity contribution < 1.29 is 0 Å². The smallest absolute Gasteiger partial charge is 0.0356 e. The van der Waals surface area contributed by atoms with Gasteiger partial charge in [0, 0.05) is 48.3 Å². The fourth-order valence-electron chi connectivity index (χ4n) is 3.02. The maximum atomic E-state index is 5.39. The lowest BCUT2D eigenvalue weighted by molar-refractivity contribution is 0.137. The van der Waals surface area contributed by atoms with Gasteiger partial charge in [0.05, 0.1) is 0 Å². The van der Waals surface area contributed by atoms with Crippen molar-refractivity contribution in [1.29, 1.82) is 0 Å². The summed E-state index contributed by atoms with van der Waals surface area (Å²) in [4.78, 5) is 3.44. The van der Waals surface area contributed by atoms with E-state index in [4.69, 9.17) is 6.42 Å². The van der Waals surface area contributed by atoms with Crippen molar-refractivity contribution in [3.8, 4) is 12.3 Å². The summed E-state index contributed by atoms with van der Waals surface area (Å²) in [6, 6.07) is 11.3. The minimum absolute atomic E-state index is 0.410. The number of rotatable bonds is 6. The molecule has 24 heavy (non-hydrogen) atoms. The molecule has 0 saturated carbocycles. The Hall–Kier alpha value is -1.89. The number of hydrogen-bond acceptors (Lipinski definition) is 3. The summed E-state index contributed by atoms with van der Waals surface area (Å²) in [5.74, 6) is 2.59. The van der Waals surface area contributed by atoms with Crippen molar-refractivity contribution in [2.24, 2.45) is 0 Å². The lowest BCUT2D eigenvalue weighted by Crippen LogP contribution is -2.53. The van der Waals surface area contributed by atoms with Gasteiger partial charge in [-0.15, -0.1) is 6.42 Å². The van der Waals surface area contributed by atoms with E-state index in [1.54, 1.807) is 18.0 Å². The first kappa shape index (κ1) is 18.4. The second kappa shape index (κ2) is 8.82. The highest BCUT2D eigenvalue weighted by molar-refractivity contribution is 8.01. The molecule has 1 fully saturated rings. The summed E-state index contributed by atoms with van der Waals surface area (Å²) >= 11 is 1.70. The fourth-order valence-corrected chi connectivity index (χ4v) is 3.95. The van der Waals surface area contributed by atoms with Gasteiger partial charge >= 0.3 is 0 Å². The van der Waals surface area contributed by atoms with E-state index < -0.39 is 0 Å². The van der Waals surface area contributed by atoms with Crippen LogP contribution in [0.2, 0.25) is 0 Å². The van der Waals surface area contributed by atoms with Gasteiger partial charge in [-0.05, 0) is 31.4 Å². The predicted molar refractivity (Wildman–Crippen MR) is 106 cm³/mol. The first-order chi connectivity index (χ1) is 11.5. The second-order valence-corrected chi connectivity index (χ2v) is 7.28. The molecule has 0 radical (unpaired) electrons. The van der Waals surface area contributed by atoms with Crippen LogP contribution in [0.25, 0.3) is 0 Å². The molecule has 2 unspecified atom stereocenters. The van der Waals surface area contributed by atoms with Crippen LogP contribution >= 0.6 is 11.9 Å². The molecule has 1 aromatic rings. The van der Waals surface area contributed by atoms with Crippen molar-refractivity contribution >= 4 is 11.9 Å². The topological polar surface area (TPSA) is 6.48 Å². The monoisotopic (exact) mass is 338 g/mol. The first-order valence-corrected chi connectivity index (χ1v) is 9.04. The lowest BCUT2D eigenvalue weighted by atomic mass is 10.1. The zero-order chi connectivity index (χ0) is 17.5. The van der Waals surface area contributed by atoms with Crippen molar-refractivity contribution in [3.63, 3.8) is 0 Å². The third kappa shape index (κ3) is 4.80. The molecule has 2 rings (SSSR count).